The van der Waals surface area contributed by atoms with Crippen molar-refractivity contribution in [1.82, 2.24) is 14.3 Å². The Balaban J connectivity index is 2.02. The molecule has 0 saturated carbocycles. The molecule has 0 bridgehead atoms. The van der Waals surface area contributed by atoms with Crippen molar-refractivity contribution in [1.29, 1.82) is 0 Å². The van der Waals surface area contributed by atoms with E-state index in [9.17, 15) is 14.7 Å². The van der Waals surface area contributed by atoms with Crippen molar-refractivity contribution in [3.05, 3.63) is 51.7 Å². The molecule has 2 aromatic rings. The molecule has 1 aliphatic heterocycles. The molecule has 116 valence electrons. The molecule has 1 N–H and O–H groups in total. The van der Waals surface area contributed by atoms with E-state index < -0.39 is 11.5 Å². The second kappa shape index (κ2) is 5.12. The number of benzene rings is 1. The van der Waals surface area contributed by atoms with Gasteiger partial charge < -0.3 is 5.11 Å². The van der Waals surface area contributed by atoms with E-state index in [1.807, 2.05) is 31.2 Å². The van der Waals surface area contributed by atoms with Gasteiger partial charge in [0, 0.05) is 6.42 Å². The molecular weight excluding hydrogens is 282 g/mol. The smallest absolute Gasteiger partial charge is 0.347 e. The Kier molecular flexibility index (Phi) is 3.39. The highest BCUT2D eigenvalue weighted by molar-refractivity contribution is 5.76. The van der Waals surface area contributed by atoms with Gasteiger partial charge in [-0.25, -0.2) is 14.3 Å². The van der Waals surface area contributed by atoms with Crippen molar-refractivity contribution >= 4 is 5.97 Å². The van der Waals surface area contributed by atoms with E-state index in [1.165, 1.54) is 9.25 Å². The molecule has 3 rings (SSSR count). The van der Waals surface area contributed by atoms with Crippen LogP contribution < -0.4 is 5.69 Å². The first kappa shape index (κ1) is 14.6. The third kappa shape index (κ3) is 2.24. The predicted octanol–water partition coefficient (Wildman–Crippen LogP) is 1.54. The van der Waals surface area contributed by atoms with E-state index in [2.05, 4.69) is 5.10 Å². The predicted molar refractivity (Wildman–Crippen MR) is 81.0 cm³/mol. The summed E-state index contributed by atoms with van der Waals surface area (Å²) < 4.78 is 2.72. The average Bonchev–Trinajstić information content (AvgIpc) is 2.79. The third-order valence-corrected chi connectivity index (χ3v) is 4.38. The number of hydrogen-bond donors (Lipinski definition) is 1. The van der Waals surface area contributed by atoms with E-state index in [1.54, 1.807) is 6.92 Å². The van der Waals surface area contributed by atoms with Crippen LogP contribution in [-0.4, -0.2) is 25.4 Å². The molecule has 0 unspecified atom stereocenters. The minimum Gasteiger partial charge on any atom is -0.479 e. The summed E-state index contributed by atoms with van der Waals surface area (Å²) in [7, 11) is 0. The highest BCUT2D eigenvalue weighted by Crippen LogP contribution is 2.28. The van der Waals surface area contributed by atoms with E-state index in [4.69, 9.17) is 0 Å². The zero-order valence-corrected chi connectivity index (χ0v) is 12.7. The maximum absolute atomic E-state index is 12.6. The number of carboxylic acid groups (broad SMARTS) is 1. The van der Waals surface area contributed by atoms with Gasteiger partial charge in [0.2, 0.25) is 0 Å². The SMILES string of the molecule is Cc1ccc(Cn2nc3n(c2=O)[C@@](C)(C(=O)O)CCC3)cc1. The van der Waals surface area contributed by atoms with E-state index in [0.717, 1.165) is 17.5 Å². The maximum atomic E-state index is 12.6. The lowest BCUT2D eigenvalue weighted by Gasteiger charge is -2.30. The van der Waals surface area contributed by atoms with Crippen LogP contribution in [0.5, 0.6) is 0 Å². The molecule has 0 spiro atoms. The molecule has 6 nitrogen and oxygen atoms in total. The van der Waals surface area contributed by atoms with Crippen molar-refractivity contribution < 1.29 is 9.90 Å². The first-order chi connectivity index (χ1) is 10.4. The Labute approximate surface area is 128 Å². The van der Waals surface area contributed by atoms with Gasteiger partial charge in [-0.3, -0.25) is 4.57 Å². The van der Waals surface area contributed by atoms with Crippen LogP contribution in [0.1, 0.15) is 36.7 Å². The summed E-state index contributed by atoms with van der Waals surface area (Å²) >= 11 is 0. The van der Waals surface area contributed by atoms with Gasteiger partial charge in [0.1, 0.15) is 11.4 Å². The summed E-state index contributed by atoms with van der Waals surface area (Å²) in [6.07, 6.45) is 1.81. The van der Waals surface area contributed by atoms with Gasteiger partial charge in [-0.2, -0.15) is 5.10 Å². The first-order valence-electron chi connectivity index (χ1n) is 7.40. The van der Waals surface area contributed by atoms with Crippen LogP contribution in [-0.2, 0) is 23.3 Å². The Morgan fingerprint density at radius 2 is 2.05 bits per heavy atom. The highest BCUT2D eigenvalue weighted by Gasteiger charge is 2.41. The molecule has 0 fully saturated rings. The van der Waals surface area contributed by atoms with Crippen molar-refractivity contribution in [2.24, 2.45) is 0 Å². The quantitative estimate of drug-likeness (QED) is 0.933. The van der Waals surface area contributed by atoms with Crippen molar-refractivity contribution in [2.45, 2.75) is 45.2 Å². The van der Waals surface area contributed by atoms with E-state index >= 15 is 0 Å². The standard InChI is InChI=1S/C16H19N3O3/c1-11-5-7-12(8-6-11)10-18-15(22)19-13(17-18)4-3-9-16(19,2)14(20)21/h5-8H,3-4,9-10H2,1-2H3,(H,20,21)/t16-/m1/s1. The Morgan fingerprint density at radius 1 is 1.36 bits per heavy atom. The third-order valence-electron chi connectivity index (χ3n) is 4.38. The summed E-state index contributed by atoms with van der Waals surface area (Å²) in [6, 6.07) is 7.88. The molecule has 22 heavy (non-hydrogen) atoms. The second-order valence-corrected chi connectivity index (χ2v) is 6.11. The zero-order chi connectivity index (χ0) is 15.9. The summed E-state index contributed by atoms with van der Waals surface area (Å²) in [5.74, 6) is -0.418. The van der Waals surface area contributed by atoms with Crippen molar-refractivity contribution in [2.75, 3.05) is 0 Å². The van der Waals surface area contributed by atoms with E-state index in [0.29, 0.717) is 25.2 Å². The molecule has 2 heterocycles. The molecule has 1 atom stereocenters. The molecule has 0 amide bonds. The number of aliphatic carboxylic acids is 1. The molecule has 0 saturated heterocycles. The Hall–Kier alpha value is -2.37. The van der Waals surface area contributed by atoms with Gasteiger partial charge >= 0.3 is 11.7 Å². The van der Waals surface area contributed by atoms with Crippen LogP contribution in [0, 0.1) is 6.92 Å². The fourth-order valence-electron chi connectivity index (χ4n) is 2.98. The molecule has 1 aliphatic rings. The van der Waals surface area contributed by atoms with Crippen molar-refractivity contribution in [3.63, 3.8) is 0 Å². The Bertz CT molecular complexity index is 773. The van der Waals surface area contributed by atoms with Crippen LogP contribution in [0.2, 0.25) is 0 Å². The van der Waals surface area contributed by atoms with E-state index in [-0.39, 0.29) is 5.69 Å². The largest absolute Gasteiger partial charge is 0.479 e. The highest BCUT2D eigenvalue weighted by atomic mass is 16.4. The molecule has 1 aromatic carbocycles. The topological polar surface area (TPSA) is 77.1 Å². The number of carboxylic acids is 1. The van der Waals surface area contributed by atoms with Crippen molar-refractivity contribution in [3.8, 4) is 0 Å². The zero-order valence-electron chi connectivity index (χ0n) is 12.7. The van der Waals surface area contributed by atoms with Gasteiger partial charge in [-0.1, -0.05) is 29.8 Å². The minimum atomic E-state index is -1.20. The number of rotatable bonds is 3. The number of hydrogen-bond acceptors (Lipinski definition) is 3. The second-order valence-electron chi connectivity index (χ2n) is 6.11. The normalized spacial score (nSPS) is 20.6. The fourth-order valence-corrected chi connectivity index (χ4v) is 2.98. The Morgan fingerprint density at radius 3 is 2.68 bits per heavy atom. The van der Waals surface area contributed by atoms with Gasteiger partial charge in [0.15, 0.2) is 0 Å². The van der Waals surface area contributed by atoms with Crippen LogP contribution >= 0.6 is 0 Å². The maximum Gasteiger partial charge on any atom is 0.347 e. The molecule has 6 heteroatoms. The van der Waals surface area contributed by atoms with Gasteiger partial charge in [0.05, 0.1) is 6.54 Å². The lowest BCUT2D eigenvalue weighted by atomic mass is 9.91. The van der Waals surface area contributed by atoms with Crippen LogP contribution in [0.15, 0.2) is 29.1 Å². The summed E-state index contributed by atoms with van der Waals surface area (Å²) in [6.45, 7) is 3.95. The first-order valence-corrected chi connectivity index (χ1v) is 7.40. The lowest BCUT2D eigenvalue weighted by Crippen LogP contribution is -2.48. The number of fused-ring (bicyclic) bond motifs is 1. The van der Waals surface area contributed by atoms with Gasteiger partial charge in [-0.15, -0.1) is 0 Å². The fraction of sp³-hybridized carbons (Fsp3) is 0.438. The van der Waals surface area contributed by atoms with Crippen LogP contribution in [0.3, 0.4) is 0 Å². The van der Waals surface area contributed by atoms with Crippen LogP contribution in [0.4, 0.5) is 0 Å². The summed E-state index contributed by atoms with van der Waals surface area (Å²) in [4.78, 5) is 24.2. The minimum absolute atomic E-state index is 0.347. The molecule has 0 aliphatic carbocycles. The molecule has 0 radical (unpaired) electrons. The van der Waals surface area contributed by atoms with Gasteiger partial charge in [0.25, 0.3) is 0 Å². The molecular formula is C16H19N3O3. The lowest BCUT2D eigenvalue weighted by molar-refractivity contribution is -0.147. The summed E-state index contributed by atoms with van der Waals surface area (Å²) in [5, 5.41) is 13.9. The average molecular weight is 301 g/mol. The number of aryl methyl sites for hydroxylation is 2. The van der Waals surface area contributed by atoms with Crippen LogP contribution in [0.25, 0.3) is 0 Å². The number of carbonyl (C=O) groups is 1. The molecule has 1 aromatic heterocycles. The summed E-state index contributed by atoms with van der Waals surface area (Å²) in [5.41, 5.74) is 0.579. The van der Waals surface area contributed by atoms with Gasteiger partial charge in [-0.05, 0) is 32.3 Å². The monoisotopic (exact) mass is 301 g/mol. The number of aromatic nitrogens is 3. The number of nitrogens with zero attached hydrogens (tertiary/aromatic N) is 3.